The Morgan fingerprint density at radius 2 is 1.59 bits per heavy atom. The summed E-state index contributed by atoms with van der Waals surface area (Å²) >= 11 is 0. The van der Waals surface area contributed by atoms with Crippen molar-refractivity contribution in [3.8, 4) is 0 Å². The summed E-state index contributed by atoms with van der Waals surface area (Å²) in [6.45, 7) is 3.45. The molecule has 2 aliphatic rings. The van der Waals surface area contributed by atoms with Gasteiger partial charge in [-0.3, -0.25) is 24.1 Å². The Hall–Kier alpha value is -2.53. The third kappa shape index (κ3) is 10.0. The number of likely N-dealkylation sites (N-methyl/N-ethyl adjacent to an activating group) is 1. The third-order valence-electron chi connectivity index (χ3n) is 7.62. The summed E-state index contributed by atoms with van der Waals surface area (Å²) in [6.07, 6.45) is 7.97. The molecule has 11 nitrogen and oxygen atoms in total. The molecule has 0 aromatic heterocycles. The SMILES string of the molecule is CCN(CC(=O)N(C(=O)[C@@H](N)CC(=O)O)[C@@H](CC1CCCCC1)C(=O)O)C(=O)CCCC1CCNCC1. The van der Waals surface area contributed by atoms with Gasteiger partial charge in [0, 0.05) is 13.0 Å². The van der Waals surface area contributed by atoms with Gasteiger partial charge in [-0.2, -0.15) is 0 Å². The zero-order valence-electron chi connectivity index (χ0n) is 22.0. The second-order valence-corrected chi connectivity index (χ2v) is 10.4. The number of amides is 3. The molecule has 0 bridgehead atoms. The standard InChI is InChI=1S/C26H44N4O7/c1-2-29(22(31)10-6-9-18-11-13-28-14-12-18)17-23(32)30(25(35)20(27)16-24(33)34)21(26(36)37)15-19-7-4-3-5-8-19/h18-21,28H,2-17,27H2,1H3,(H,33,34)(H,36,37)/t20-,21-/m0/s1. The first-order valence-electron chi connectivity index (χ1n) is 13.7. The number of nitrogens with two attached hydrogens (primary N) is 1. The van der Waals surface area contributed by atoms with Crippen LogP contribution in [0.5, 0.6) is 0 Å². The maximum absolute atomic E-state index is 13.4. The van der Waals surface area contributed by atoms with Crippen molar-refractivity contribution in [1.29, 1.82) is 0 Å². The molecule has 1 heterocycles. The summed E-state index contributed by atoms with van der Waals surface area (Å²) in [5.41, 5.74) is 5.79. The van der Waals surface area contributed by atoms with Gasteiger partial charge >= 0.3 is 11.9 Å². The van der Waals surface area contributed by atoms with Crippen LogP contribution in [0.3, 0.4) is 0 Å². The minimum absolute atomic E-state index is 0.0348. The molecule has 5 N–H and O–H groups in total. The van der Waals surface area contributed by atoms with E-state index in [1.165, 1.54) is 4.90 Å². The molecule has 210 valence electrons. The van der Waals surface area contributed by atoms with Crippen LogP contribution in [-0.4, -0.2) is 87.9 Å². The summed E-state index contributed by atoms with van der Waals surface area (Å²) < 4.78 is 0. The fourth-order valence-corrected chi connectivity index (χ4v) is 5.45. The molecule has 2 atom stereocenters. The quantitative estimate of drug-likeness (QED) is 0.263. The lowest BCUT2D eigenvalue weighted by molar-refractivity contribution is -0.161. The summed E-state index contributed by atoms with van der Waals surface area (Å²) in [6, 6.07) is -3.03. The van der Waals surface area contributed by atoms with Crippen molar-refractivity contribution < 1.29 is 34.2 Å². The third-order valence-corrected chi connectivity index (χ3v) is 7.62. The van der Waals surface area contributed by atoms with Crippen LogP contribution in [0.1, 0.15) is 84.0 Å². The van der Waals surface area contributed by atoms with Gasteiger partial charge in [0.05, 0.1) is 12.5 Å². The van der Waals surface area contributed by atoms with Crippen LogP contribution in [0.2, 0.25) is 0 Å². The Morgan fingerprint density at radius 1 is 0.946 bits per heavy atom. The Bertz CT molecular complexity index is 794. The Morgan fingerprint density at radius 3 is 2.16 bits per heavy atom. The van der Waals surface area contributed by atoms with Gasteiger partial charge in [-0.15, -0.1) is 0 Å². The van der Waals surface area contributed by atoms with E-state index in [-0.39, 0.29) is 31.2 Å². The second-order valence-electron chi connectivity index (χ2n) is 10.4. The lowest BCUT2D eigenvalue weighted by Gasteiger charge is -2.34. The van der Waals surface area contributed by atoms with Crippen molar-refractivity contribution in [2.24, 2.45) is 17.6 Å². The number of carbonyl (C=O) groups is 5. The zero-order chi connectivity index (χ0) is 27.4. The predicted octanol–water partition coefficient (Wildman–Crippen LogP) is 1.59. The molecule has 0 spiro atoms. The van der Waals surface area contributed by atoms with Crippen molar-refractivity contribution in [1.82, 2.24) is 15.1 Å². The van der Waals surface area contributed by atoms with E-state index >= 15 is 0 Å². The maximum atomic E-state index is 13.4. The highest BCUT2D eigenvalue weighted by atomic mass is 16.4. The molecule has 2 fully saturated rings. The highest BCUT2D eigenvalue weighted by Crippen LogP contribution is 2.29. The molecule has 11 heteroatoms. The normalized spacial score (nSPS) is 18.5. The molecule has 0 aromatic rings. The first-order valence-corrected chi connectivity index (χ1v) is 13.7. The number of hydrogen-bond donors (Lipinski definition) is 4. The van der Waals surface area contributed by atoms with Crippen LogP contribution in [0.15, 0.2) is 0 Å². The van der Waals surface area contributed by atoms with Crippen molar-refractivity contribution >= 4 is 29.7 Å². The first kappa shape index (κ1) is 30.7. The van der Waals surface area contributed by atoms with Gasteiger partial charge in [0.25, 0.3) is 0 Å². The summed E-state index contributed by atoms with van der Waals surface area (Å²) in [5, 5.41) is 22.4. The molecular formula is C26H44N4O7. The highest BCUT2D eigenvalue weighted by Gasteiger charge is 2.39. The number of nitrogens with zero attached hydrogens (tertiary/aromatic N) is 2. The molecule has 0 unspecified atom stereocenters. The van der Waals surface area contributed by atoms with Gasteiger partial charge in [0.2, 0.25) is 17.7 Å². The van der Waals surface area contributed by atoms with Gasteiger partial charge in [-0.1, -0.05) is 32.1 Å². The van der Waals surface area contributed by atoms with E-state index in [9.17, 15) is 29.1 Å². The van der Waals surface area contributed by atoms with E-state index in [1.54, 1.807) is 6.92 Å². The molecule has 37 heavy (non-hydrogen) atoms. The molecular weight excluding hydrogens is 480 g/mol. The maximum Gasteiger partial charge on any atom is 0.326 e. The van der Waals surface area contributed by atoms with Crippen molar-refractivity contribution in [3.63, 3.8) is 0 Å². The van der Waals surface area contributed by atoms with Crippen molar-refractivity contribution in [2.45, 2.75) is 96.1 Å². The number of nitrogens with one attached hydrogen (secondary N) is 1. The van der Waals surface area contributed by atoms with Crippen LogP contribution in [0.4, 0.5) is 0 Å². The lowest BCUT2D eigenvalue weighted by atomic mass is 9.84. The van der Waals surface area contributed by atoms with E-state index in [2.05, 4.69) is 5.32 Å². The molecule has 3 amide bonds. The summed E-state index contributed by atoms with van der Waals surface area (Å²) in [4.78, 5) is 64.8. The van der Waals surface area contributed by atoms with E-state index in [4.69, 9.17) is 10.8 Å². The number of aliphatic carboxylic acids is 2. The van der Waals surface area contributed by atoms with Crippen LogP contribution < -0.4 is 11.1 Å². The first-order chi connectivity index (χ1) is 17.6. The Balaban J connectivity index is 2.12. The Labute approximate surface area is 219 Å². The van der Waals surface area contributed by atoms with Gasteiger partial charge in [0.15, 0.2) is 0 Å². The topological polar surface area (TPSA) is 170 Å². The largest absolute Gasteiger partial charge is 0.481 e. The average Bonchev–Trinajstić information content (AvgIpc) is 2.87. The molecule has 1 aliphatic heterocycles. The van der Waals surface area contributed by atoms with E-state index in [0.29, 0.717) is 17.2 Å². The van der Waals surface area contributed by atoms with Crippen LogP contribution >= 0.6 is 0 Å². The van der Waals surface area contributed by atoms with Crippen molar-refractivity contribution in [2.75, 3.05) is 26.2 Å². The van der Waals surface area contributed by atoms with E-state index in [1.807, 2.05) is 0 Å². The van der Waals surface area contributed by atoms with E-state index in [0.717, 1.165) is 64.5 Å². The number of carbonyl (C=O) groups excluding carboxylic acids is 3. The predicted molar refractivity (Wildman–Crippen MR) is 136 cm³/mol. The zero-order valence-corrected chi connectivity index (χ0v) is 22.0. The number of imide groups is 1. The minimum atomic E-state index is -1.56. The molecule has 0 radical (unpaired) electrons. The fraction of sp³-hybridized carbons (Fsp3) is 0.808. The van der Waals surface area contributed by atoms with Crippen molar-refractivity contribution in [3.05, 3.63) is 0 Å². The average molecular weight is 525 g/mol. The Kier molecular flexibility index (Phi) is 13.0. The lowest BCUT2D eigenvalue weighted by Crippen LogP contribution is -2.57. The number of carboxylic acid groups (broad SMARTS) is 2. The summed E-state index contributed by atoms with van der Waals surface area (Å²) in [7, 11) is 0. The van der Waals surface area contributed by atoms with E-state index < -0.39 is 48.8 Å². The fourth-order valence-electron chi connectivity index (χ4n) is 5.45. The molecule has 1 saturated heterocycles. The number of carboxylic acids is 2. The molecule has 1 aliphatic carbocycles. The number of piperidine rings is 1. The molecule has 1 saturated carbocycles. The monoisotopic (exact) mass is 524 g/mol. The highest BCUT2D eigenvalue weighted by molar-refractivity contribution is 6.03. The van der Waals surface area contributed by atoms with Crippen LogP contribution in [0.25, 0.3) is 0 Å². The summed E-state index contributed by atoms with van der Waals surface area (Å²) in [5.74, 6) is -4.17. The van der Waals surface area contributed by atoms with Gasteiger partial charge in [0.1, 0.15) is 12.6 Å². The second kappa shape index (κ2) is 15.7. The van der Waals surface area contributed by atoms with Gasteiger partial charge in [-0.05, 0) is 64.0 Å². The number of rotatable bonds is 14. The minimum Gasteiger partial charge on any atom is -0.481 e. The molecule has 2 rings (SSSR count). The smallest absolute Gasteiger partial charge is 0.326 e. The molecule has 0 aromatic carbocycles. The van der Waals surface area contributed by atoms with Gasteiger partial charge < -0.3 is 26.2 Å². The number of hydrogen-bond acceptors (Lipinski definition) is 7. The van der Waals surface area contributed by atoms with Gasteiger partial charge in [-0.25, -0.2) is 4.79 Å². The van der Waals surface area contributed by atoms with Crippen LogP contribution in [0, 0.1) is 11.8 Å². The van der Waals surface area contributed by atoms with Crippen LogP contribution in [-0.2, 0) is 24.0 Å².